The fourth-order valence-electron chi connectivity index (χ4n) is 1.49. The van der Waals surface area contributed by atoms with Crippen molar-refractivity contribution < 1.29 is 8.42 Å². The summed E-state index contributed by atoms with van der Waals surface area (Å²) >= 11 is 0.986. The van der Waals surface area contributed by atoms with Gasteiger partial charge >= 0.3 is 0 Å². The second-order valence-corrected chi connectivity index (χ2v) is 5.56. The van der Waals surface area contributed by atoms with Gasteiger partial charge in [0.2, 0.25) is 0 Å². The minimum atomic E-state index is -3.68. The predicted molar refractivity (Wildman–Crippen MR) is 62.2 cm³/mol. The molecule has 2 aromatic heterocycles. The lowest BCUT2D eigenvalue weighted by atomic mass is 10.3. The van der Waals surface area contributed by atoms with Gasteiger partial charge < -0.3 is 0 Å². The highest BCUT2D eigenvalue weighted by atomic mass is 32.2. The van der Waals surface area contributed by atoms with Crippen LogP contribution in [0, 0.1) is 0 Å². The molecule has 0 aliphatic heterocycles. The maximum absolute atomic E-state index is 12.2. The SMILES string of the molecule is O=S(=O)(c1cccc2nsnc12)n1cccn1. The molecule has 86 valence electrons. The highest BCUT2D eigenvalue weighted by Gasteiger charge is 2.21. The molecule has 0 N–H and O–H groups in total. The van der Waals surface area contributed by atoms with E-state index in [2.05, 4.69) is 13.8 Å². The van der Waals surface area contributed by atoms with Crippen molar-refractivity contribution in [3.05, 3.63) is 36.7 Å². The number of benzene rings is 1. The number of fused-ring (bicyclic) bond motifs is 1. The Morgan fingerprint density at radius 1 is 1.18 bits per heavy atom. The van der Waals surface area contributed by atoms with Gasteiger partial charge in [0.15, 0.2) is 0 Å². The third-order valence-electron chi connectivity index (χ3n) is 2.25. The molecule has 0 unspecified atom stereocenters. The number of nitrogens with zero attached hydrogens (tertiary/aromatic N) is 4. The van der Waals surface area contributed by atoms with Crippen molar-refractivity contribution in [3.63, 3.8) is 0 Å². The minimum Gasteiger partial charge on any atom is -0.199 e. The Kier molecular flexibility index (Phi) is 2.20. The van der Waals surface area contributed by atoms with Gasteiger partial charge in [-0.3, -0.25) is 0 Å². The molecule has 0 fully saturated rings. The Bertz CT molecular complexity index is 761. The van der Waals surface area contributed by atoms with Crippen LogP contribution in [0.5, 0.6) is 0 Å². The van der Waals surface area contributed by atoms with Crippen LogP contribution in [0.15, 0.2) is 41.6 Å². The van der Waals surface area contributed by atoms with E-state index in [9.17, 15) is 8.42 Å². The molecule has 2 heterocycles. The fraction of sp³-hybridized carbons (Fsp3) is 0. The fourth-order valence-corrected chi connectivity index (χ4v) is 3.35. The summed E-state index contributed by atoms with van der Waals surface area (Å²) < 4.78 is 33.4. The van der Waals surface area contributed by atoms with Gasteiger partial charge in [0, 0.05) is 6.20 Å². The van der Waals surface area contributed by atoms with Crippen LogP contribution >= 0.6 is 11.7 Å². The zero-order valence-corrected chi connectivity index (χ0v) is 10.0. The lowest BCUT2D eigenvalue weighted by molar-refractivity contribution is 0.581. The molecule has 0 radical (unpaired) electrons. The van der Waals surface area contributed by atoms with Crippen LogP contribution in [-0.4, -0.2) is 26.4 Å². The first kappa shape index (κ1) is 10.4. The maximum atomic E-state index is 12.2. The van der Waals surface area contributed by atoms with Gasteiger partial charge in [-0.25, -0.2) is 0 Å². The Hall–Kier alpha value is -1.80. The van der Waals surface area contributed by atoms with Gasteiger partial charge in [-0.1, -0.05) is 6.07 Å². The highest BCUT2D eigenvalue weighted by Crippen LogP contribution is 2.22. The van der Waals surface area contributed by atoms with E-state index in [-0.39, 0.29) is 4.90 Å². The summed E-state index contributed by atoms with van der Waals surface area (Å²) in [5.41, 5.74) is 0.955. The van der Waals surface area contributed by atoms with Crippen LogP contribution in [0.3, 0.4) is 0 Å². The molecule has 0 amide bonds. The smallest absolute Gasteiger partial charge is 0.199 e. The van der Waals surface area contributed by atoms with Crippen LogP contribution in [0.4, 0.5) is 0 Å². The highest BCUT2D eigenvalue weighted by molar-refractivity contribution is 7.90. The van der Waals surface area contributed by atoms with Gasteiger partial charge in [0.1, 0.15) is 15.9 Å². The van der Waals surface area contributed by atoms with Crippen LogP contribution in [0.2, 0.25) is 0 Å². The number of aromatic nitrogens is 4. The molecule has 8 heteroatoms. The molecule has 3 rings (SSSR count). The average Bonchev–Trinajstić information content (AvgIpc) is 2.99. The summed E-state index contributed by atoms with van der Waals surface area (Å²) in [4.78, 5) is 0.118. The topological polar surface area (TPSA) is 77.7 Å². The first-order valence-corrected chi connectivity index (χ1v) is 6.83. The standard InChI is InChI=1S/C9H6N4O2S2/c14-17(15,13-6-2-5-10-13)8-4-1-3-7-9(8)12-16-11-7/h1-6H. The van der Waals surface area contributed by atoms with Crippen molar-refractivity contribution >= 4 is 32.8 Å². The molecule has 0 saturated carbocycles. The van der Waals surface area contributed by atoms with Crippen LogP contribution in [-0.2, 0) is 10.0 Å². The molecule has 0 bridgehead atoms. The molecular formula is C9H6N4O2S2. The van der Waals surface area contributed by atoms with Gasteiger partial charge in [-0.15, -0.1) is 0 Å². The third kappa shape index (κ3) is 1.53. The van der Waals surface area contributed by atoms with Crippen molar-refractivity contribution in [2.75, 3.05) is 0 Å². The Labute approximate surface area is 101 Å². The van der Waals surface area contributed by atoms with Gasteiger partial charge in [-0.05, 0) is 18.2 Å². The Morgan fingerprint density at radius 3 is 2.82 bits per heavy atom. The molecule has 0 aliphatic rings. The van der Waals surface area contributed by atoms with Crippen LogP contribution in [0.25, 0.3) is 11.0 Å². The quantitative estimate of drug-likeness (QED) is 0.694. The molecule has 0 saturated heterocycles. The molecular weight excluding hydrogens is 260 g/mol. The van der Waals surface area contributed by atoms with Crippen LogP contribution < -0.4 is 0 Å². The van der Waals surface area contributed by atoms with Crippen LogP contribution in [0.1, 0.15) is 0 Å². The molecule has 1 aromatic carbocycles. The summed E-state index contributed by atoms with van der Waals surface area (Å²) in [6.07, 6.45) is 2.80. The second kappa shape index (κ2) is 3.60. The lowest BCUT2D eigenvalue weighted by Crippen LogP contribution is -2.13. The van der Waals surface area contributed by atoms with E-state index >= 15 is 0 Å². The van der Waals surface area contributed by atoms with E-state index < -0.39 is 10.0 Å². The van der Waals surface area contributed by atoms with Gasteiger partial charge in [0.05, 0.1) is 17.9 Å². The van der Waals surface area contributed by atoms with E-state index in [1.807, 2.05) is 0 Å². The van der Waals surface area contributed by atoms with E-state index in [1.54, 1.807) is 18.2 Å². The molecule has 17 heavy (non-hydrogen) atoms. The second-order valence-electron chi connectivity index (χ2n) is 3.27. The van der Waals surface area contributed by atoms with Gasteiger partial charge in [-0.2, -0.15) is 26.4 Å². The molecule has 3 aromatic rings. The van der Waals surface area contributed by atoms with Crippen molar-refractivity contribution in [2.24, 2.45) is 0 Å². The van der Waals surface area contributed by atoms with E-state index in [0.717, 1.165) is 15.8 Å². The molecule has 0 spiro atoms. The largest absolute Gasteiger partial charge is 0.285 e. The van der Waals surface area contributed by atoms with E-state index in [4.69, 9.17) is 0 Å². The zero-order chi connectivity index (χ0) is 11.9. The maximum Gasteiger partial charge on any atom is 0.285 e. The summed E-state index contributed by atoms with van der Waals surface area (Å²) in [5.74, 6) is 0. The third-order valence-corrected chi connectivity index (χ3v) is 4.39. The summed E-state index contributed by atoms with van der Waals surface area (Å²) in [6.45, 7) is 0. The minimum absolute atomic E-state index is 0.118. The van der Waals surface area contributed by atoms with Crippen molar-refractivity contribution in [1.82, 2.24) is 17.9 Å². The number of hydrogen-bond donors (Lipinski definition) is 0. The van der Waals surface area contributed by atoms with Gasteiger partial charge in [0.25, 0.3) is 10.0 Å². The summed E-state index contributed by atoms with van der Waals surface area (Å²) in [6, 6.07) is 6.42. The molecule has 6 nitrogen and oxygen atoms in total. The van der Waals surface area contributed by atoms with Crippen molar-refractivity contribution in [2.45, 2.75) is 4.90 Å². The number of rotatable bonds is 2. The predicted octanol–water partition coefficient (Wildman–Crippen LogP) is 1.12. The number of hydrogen-bond acceptors (Lipinski definition) is 6. The van der Waals surface area contributed by atoms with Crippen molar-refractivity contribution in [3.8, 4) is 0 Å². The Balaban J connectivity index is 2.33. The average molecular weight is 266 g/mol. The lowest BCUT2D eigenvalue weighted by Gasteiger charge is -2.03. The Morgan fingerprint density at radius 2 is 2.06 bits per heavy atom. The zero-order valence-electron chi connectivity index (χ0n) is 8.39. The van der Waals surface area contributed by atoms with Crippen molar-refractivity contribution in [1.29, 1.82) is 0 Å². The molecule has 0 atom stereocenters. The van der Waals surface area contributed by atoms with E-state index in [1.165, 1.54) is 18.5 Å². The normalized spacial score (nSPS) is 12.0. The first-order chi connectivity index (χ1) is 8.19. The first-order valence-electron chi connectivity index (χ1n) is 4.66. The summed E-state index contributed by atoms with van der Waals surface area (Å²) in [7, 11) is -3.68. The van der Waals surface area contributed by atoms with E-state index in [0.29, 0.717) is 11.0 Å². The monoisotopic (exact) mass is 266 g/mol. The summed E-state index contributed by atoms with van der Waals surface area (Å²) in [5, 5.41) is 3.74. The molecule has 0 aliphatic carbocycles.